The number of carbonyl (C=O) groups excluding carboxylic acids is 1. The van der Waals surface area contributed by atoms with Gasteiger partial charge in [-0.25, -0.2) is 0 Å². The third kappa shape index (κ3) is 8.99. The van der Waals surface area contributed by atoms with Gasteiger partial charge in [-0.2, -0.15) is 0 Å². The van der Waals surface area contributed by atoms with Crippen molar-refractivity contribution >= 4 is 44.6 Å². The van der Waals surface area contributed by atoms with Gasteiger partial charge in [0.25, 0.3) is 5.91 Å². The molecule has 0 fully saturated rings. The summed E-state index contributed by atoms with van der Waals surface area (Å²) < 4.78 is 18.1. The second-order valence-electron chi connectivity index (χ2n) is 13.0. The van der Waals surface area contributed by atoms with Crippen LogP contribution in [0.5, 0.6) is 5.75 Å². The molecule has 1 N–H and O–H groups in total. The second-order valence-corrected chi connectivity index (χ2v) is 16.1. The number of carbonyl (C=O) groups is 1. The molecule has 2 aliphatic rings. The number of aryl methyl sites for hydroxylation is 2. The van der Waals surface area contributed by atoms with Crippen molar-refractivity contribution in [2.75, 3.05) is 67.4 Å². The fourth-order valence-corrected chi connectivity index (χ4v) is 8.62. The van der Waals surface area contributed by atoms with Crippen molar-refractivity contribution in [3.05, 3.63) is 82.4 Å². The van der Waals surface area contributed by atoms with Gasteiger partial charge in [-0.15, -0.1) is 0 Å². The maximum Gasteiger partial charge on any atom is 0.260 e. The Balaban J connectivity index is 1.32. The number of ether oxygens (including phenoxy) is 3. The molecule has 0 saturated heterocycles. The first-order chi connectivity index (χ1) is 22.7. The average Bonchev–Trinajstić information content (AvgIpc) is 3.38. The fourth-order valence-electron chi connectivity index (χ4n) is 6.45. The topological polar surface area (TPSA) is 63.3 Å². The van der Waals surface area contributed by atoms with E-state index in [1.807, 2.05) is 57.7 Å². The molecule has 7 nitrogen and oxygen atoms in total. The number of nitrogens with zero attached hydrogens (tertiary/aromatic N) is 2. The van der Waals surface area contributed by atoms with Gasteiger partial charge in [0, 0.05) is 48.4 Å². The fraction of sp³-hybridized carbons (Fsp3) is 0.500. The van der Waals surface area contributed by atoms with Gasteiger partial charge in [-0.3, -0.25) is 4.79 Å². The molecule has 254 valence electrons. The molecule has 3 aromatic rings. The molecule has 0 aliphatic carbocycles. The zero-order chi connectivity index (χ0) is 33.4. The van der Waals surface area contributed by atoms with E-state index in [1.165, 1.54) is 16.8 Å². The number of hydrogen-bond acceptors (Lipinski definition) is 8. The van der Waals surface area contributed by atoms with Crippen LogP contribution in [0, 0.1) is 6.92 Å². The predicted molar refractivity (Wildman–Crippen MR) is 200 cm³/mol. The maximum atomic E-state index is 13.8. The molecule has 2 aliphatic heterocycles. The van der Waals surface area contributed by atoms with E-state index in [2.05, 4.69) is 74.5 Å². The number of fused-ring (bicyclic) bond motifs is 4. The molecular weight excluding hydrogens is 627 g/mol. The van der Waals surface area contributed by atoms with Crippen LogP contribution in [0.25, 0.3) is 0 Å². The Kier molecular flexibility index (Phi) is 12.5. The van der Waals surface area contributed by atoms with E-state index < -0.39 is 0 Å². The van der Waals surface area contributed by atoms with E-state index in [0.717, 1.165) is 67.2 Å². The van der Waals surface area contributed by atoms with Gasteiger partial charge in [-0.05, 0) is 92.8 Å². The summed E-state index contributed by atoms with van der Waals surface area (Å²) in [6.07, 6.45) is 4.97. The Hall–Kier alpha value is -2.85. The summed E-state index contributed by atoms with van der Waals surface area (Å²) in [7, 11) is 3.71. The smallest absolute Gasteiger partial charge is 0.260 e. The highest BCUT2D eigenvalue weighted by Gasteiger charge is 2.37. The summed E-state index contributed by atoms with van der Waals surface area (Å²) in [5.74, 6) is 0.845. The van der Waals surface area contributed by atoms with Crippen LogP contribution in [0.3, 0.4) is 0 Å². The second kappa shape index (κ2) is 16.5. The van der Waals surface area contributed by atoms with Gasteiger partial charge >= 0.3 is 0 Å². The van der Waals surface area contributed by atoms with Crippen LogP contribution in [-0.4, -0.2) is 69.0 Å². The van der Waals surface area contributed by atoms with Gasteiger partial charge < -0.3 is 29.3 Å². The highest BCUT2D eigenvalue weighted by atomic mass is 33.1. The summed E-state index contributed by atoms with van der Waals surface area (Å²) in [4.78, 5) is 18.2. The Morgan fingerprint density at radius 3 is 2.53 bits per heavy atom. The lowest BCUT2D eigenvalue weighted by atomic mass is 10.1. The summed E-state index contributed by atoms with van der Waals surface area (Å²) >= 11 is 0. The van der Waals surface area contributed by atoms with E-state index in [0.29, 0.717) is 38.5 Å². The van der Waals surface area contributed by atoms with Crippen LogP contribution in [0.2, 0.25) is 0 Å². The van der Waals surface area contributed by atoms with Crippen molar-refractivity contribution in [1.82, 2.24) is 0 Å². The highest BCUT2D eigenvalue weighted by molar-refractivity contribution is 8.77. The lowest BCUT2D eigenvalue weighted by molar-refractivity contribution is 0.0505. The Morgan fingerprint density at radius 2 is 1.77 bits per heavy atom. The molecular formula is C38H51N3O4S2. The van der Waals surface area contributed by atoms with Gasteiger partial charge in [0.15, 0.2) is 0 Å². The number of rotatable bonds is 17. The zero-order valence-corrected chi connectivity index (χ0v) is 30.5. The van der Waals surface area contributed by atoms with Crippen molar-refractivity contribution < 1.29 is 19.0 Å². The van der Waals surface area contributed by atoms with Crippen LogP contribution in [-0.2, 0) is 28.9 Å². The monoisotopic (exact) mass is 677 g/mol. The van der Waals surface area contributed by atoms with Crippen LogP contribution in [0.15, 0.2) is 54.6 Å². The average molecular weight is 678 g/mol. The van der Waals surface area contributed by atoms with E-state index in [9.17, 15) is 4.79 Å². The molecule has 2 heterocycles. The summed E-state index contributed by atoms with van der Waals surface area (Å²) in [6.45, 7) is 16.4. The molecule has 0 radical (unpaired) electrons. The minimum Gasteiger partial charge on any atom is -0.489 e. The van der Waals surface area contributed by atoms with E-state index in [4.69, 9.17) is 14.2 Å². The molecule has 0 saturated carbocycles. The summed E-state index contributed by atoms with van der Waals surface area (Å²) in [5, 5.41) is 3.57. The van der Waals surface area contributed by atoms with Gasteiger partial charge in [0.1, 0.15) is 12.4 Å². The van der Waals surface area contributed by atoms with Crippen molar-refractivity contribution in [1.29, 1.82) is 0 Å². The first-order valence-electron chi connectivity index (χ1n) is 16.9. The number of para-hydroxylation sites is 1. The van der Waals surface area contributed by atoms with Gasteiger partial charge in [-0.1, -0.05) is 59.7 Å². The SMILES string of the molecule is CCCOCCOCCN(CC(C)(C)SSC)c1cc(CC)cc(COc2cc3c(cc2C)C(=O)N2c4ccccc4C[C@H]2CN3)c1. The molecule has 5 rings (SSSR count). The Bertz CT molecular complexity index is 1510. The maximum absolute atomic E-state index is 13.8. The number of anilines is 3. The van der Waals surface area contributed by atoms with E-state index >= 15 is 0 Å². The van der Waals surface area contributed by atoms with Crippen LogP contribution in [0.1, 0.15) is 66.7 Å². The van der Waals surface area contributed by atoms with Crippen LogP contribution in [0.4, 0.5) is 17.1 Å². The Morgan fingerprint density at radius 1 is 1.00 bits per heavy atom. The van der Waals surface area contributed by atoms with Gasteiger partial charge in [0.05, 0.1) is 37.1 Å². The zero-order valence-electron chi connectivity index (χ0n) is 28.9. The van der Waals surface area contributed by atoms with Gasteiger partial charge in [0.2, 0.25) is 0 Å². The number of hydrogen-bond donors (Lipinski definition) is 1. The predicted octanol–water partition coefficient (Wildman–Crippen LogP) is 8.17. The molecule has 1 atom stereocenters. The number of benzene rings is 3. The van der Waals surface area contributed by atoms with Crippen LogP contribution < -0.4 is 19.9 Å². The first-order valence-corrected chi connectivity index (χ1v) is 19.5. The molecule has 0 aromatic heterocycles. The Labute approximate surface area is 289 Å². The van der Waals surface area contributed by atoms with E-state index in [1.54, 1.807) is 0 Å². The van der Waals surface area contributed by atoms with Crippen molar-refractivity contribution in [2.45, 2.75) is 71.3 Å². The van der Waals surface area contributed by atoms with E-state index in [-0.39, 0.29) is 16.7 Å². The third-order valence-electron chi connectivity index (χ3n) is 8.68. The summed E-state index contributed by atoms with van der Waals surface area (Å²) in [5.41, 5.74) is 8.35. The van der Waals surface area contributed by atoms with Crippen molar-refractivity contribution in [3.63, 3.8) is 0 Å². The quantitative estimate of drug-likeness (QED) is 0.113. The largest absolute Gasteiger partial charge is 0.489 e. The highest BCUT2D eigenvalue weighted by Crippen LogP contribution is 2.39. The standard InChI is InChI=1S/C38H51N3O4S2/c1-7-14-43-16-17-44-15-13-40(26-38(4,5)47-46-6)31-20-28(8-2)19-29(21-31)25-45-36-23-34-33(18-27(36)3)37(42)41-32(24-39-34)22-30-11-9-10-12-35(30)41/h9-12,18-21,23,32,39H,7-8,13-17,22,24-26H2,1-6H3/t32-/m0/s1. The molecule has 0 unspecified atom stereocenters. The molecule has 3 aromatic carbocycles. The summed E-state index contributed by atoms with van der Waals surface area (Å²) in [6, 6.07) is 19.2. The molecule has 0 bridgehead atoms. The molecule has 1 amide bonds. The normalized spacial score (nSPS) is 15.5. The molecule has 47 heavy (non-hydrogen) atoms. The third-order valence-corrected chi connectivity index (χ3v) is 11.3. The van der Waals surface area contributed by atoms with Crippen molar-refractivity contribution in [2.24, 2.45) is 0 Å². The number of amides is 1. The molecule has 0 spiro atoms. The lowest BCUT2D eigenvalue weighted by Gasteiger charge is -2.34. The first kappa shape index (κ1) is 35.5. The lowest BCUT2D eigenvalue weighted by Crippen LogP contribution is -2.39. The molecule has 9 heteroatoms. The van der Waals surface area contributed by atoms with Crippen molar-refractivity contribution in [3.8, 4) is 5.75 Å². The minimum atomic E-state index is 0.0509. The van der Waals surface area contributed by atoms with Crippen LogP contribution >= 0.6 is 21.6 Å². The minimum absolute atomic E-state index is 0.0509. The number of nitrogens with one attached hydrogen (secondary N) is 1.